The number of hydrogen-bond acceptors (Lipinski definition) is 2. The first-order chi connectivity index (χ1) is 12.0. The normalized spacial score (nSPS) is 17.3. The summed E-state index contributed by atoms with van der Waals surface area (Å²) < 4.78 is 0. The van der Waals surface area contributed by atoms with Crippen molar-refractivity contribution in [2.75, 3.05) is 11.9 Å². The molecule has 2 amide bonds. The fourth-order valence-electron chi connectivity index (χ4n) is 2.70. The second-order valence-corrected chi connectivity index (χ2v) is 6.75. The van der Waals surface area contributed by atoms with Crippen molar-refractivity contribution in [1.29, 1.82) is 0 Å². The molecule has 1 unspecified atom stereocenters. The van der Waals surface area contributed by atoms with E-state index in [1.807, 2.05) is 6.08 Å². The molecule has 1 aliphatic heterocycles. The van der Waals surface area contributed by atoms with Crippen molar-refractivity contribution in [2.24, 2.45) is 0 Å². The van der Waals surface area contributed by atoms with Gasteiger partial charge in [-0.15, -0.1) is 0 Å². The quantitative estimate of drug-likeness (QED) is 0.589. The second-order valence-electron chi connectivity index (χ2n) is 5.94. The number of amides is 2. The molecule has 25 heavy (non-hydrogen) atoms. The Kier molecular flexibility index (Phi) is 7.41. The lowest BCUT2D eigenvalue weighted by Crippen LogP contribution is -2.43. The lowest BCUT2D eigenvalue weighted by molar-refractivity contribution is 0.250. The maximum absolute atomic E-state index is 12.0. The number of carbonyl (C=O) groups excluding carboxylic acids is 1. The average molecular weight is 380 g/mol. The lowest BCUT2D eigenvalue weighted by Gasteiger charge is -2.28. The Morgan fingerprint density at radius 2 is 2.20 bits per heavy atom. The van der Waals surface area contributed by atoms with E-state index in [4.69, 9.17) is 23.2 Å². The van der Waals surface area contributed by atoms with Crippen molar-refractivity contribution in [3.05, 3.63) is 64.3 Å². The molecular weight excluding hydrogens is 357 g/mol. The van der Waals surface area contributed by atoms with Crippen LogP contribution < -0.4 is 16.0 Å². The average Bonchev–Trinajstić information content (AvgIpc) is 2.58. The van der Waals surface area contributed by atoms with Crippen LogP contribution in [-0.2, 0) is 0 Å². The molecule has 134 valence electrons. The smallest absolute Gasteiger partial charge is 0.319 e. The zero-order chi connectivity index (χ0) is 18.2. The van der Waals surface area contributed by atoms with Gasteiger partial charge in [0.1, 0.15) is 0 Å². The first-order valence-corrected chi connectivity index (χ1v) is 8.98. The van der Waals surface area contributed by atoms with Crippen molar-refractivity contribution in [3.63, 3.8) is 0 Å². The summed E-state index contributed by atoms with van der Waals surface area (Å²) in [5.74, 6) is 0. The van der Waals surface area contributed by atoms with Crippen LogP contribution in [0.5, 0.6) is 0 Å². The largest absolute Gasteiger partial charge is 0.384 e. The summed E-state index contributed by atoms with van der Waals surface area (Å²) in [5, 5.41) is 9.97. The molecule has 0 aliphatic carbocycles. The Balaban J connectivity index is 1.79. The Morgan fingerprint density at radius 3 is 2.88 bits per heavy atom. The van der Waals surface area contributed by atoms with E-state index in [-0.39, 0.29) is 12.1 Å². The van der Waals surface area contributed by atoms with Gasteiger partial charge in [-0.3, -0.25) is 0 Å². The van der Waals surface area contributed by atoms with E-state index >= 15 is 0 Å². The Bertz CT molecular complexity index is 698. The van der Waals surface area contributed by atoms with Gasteiger partial charge in [-0.2, -0.15) is 0 Å². The molecule has 3 N–H and O–H groups in total. The molecule has 0 aromatic heterocycles. The van der Waals surface area contributed by atoms with Crippen molar-refractivity contribution in [1.82, 2.24) is 10.6 Å². The monoisotopic (exact) mass is 379 g/mol. The highest BCUT2D eigenvalue weighted by Gasteiger charge is 2.17. The minimum atomic E-state index is -0.262. The Hall–Kier alpha value is -1.91. The summed E-state index contributed by atoms with van der Waals surface area (Å²) in [5.41, 5.74) is 3.20. The number of halogens is 2. The van der Waals surface area contributed by atoms with Gasteiger partial charge in [0.05, 0.1) is 10.0 Å². The summed E-state index contributed by atoms with van der Waals surface area (Å²) in [6.45, 7) is 6.31. The topological polar surface area (TPSA) is 53.2 Å². The number of hydrogen-bond donors (Lipinski definition) is 3. The van der Waals surface area contributed by atoms with E-state index in [0.717, 1.165) is 19.3 Å². The van der Waals surface area contributed by atoms with E-state index in [2.05, 4.69) is 35.5 Å². The van der Waals surface area contributed by atoms with Crippen LogP contribution >= 0.6 is 23.2 Å². The van der Waals surface area contributed by atoms with E-state index < -0.39 is 0 Å². The maximum Gasteiger partial charge on any atom is 0.319 e. The fourth-order valence-corrected chi connectivity index (χ4v) is 2.99. The molecular formula is C19H23Cl2N3O. The van der Waals surface area contributed by atoms with Crippen LogP contribution in [0.1, 0.15) is 26.2 Å². The molecule has 4 nitrogen and oxygen atoms in total. The van der Waals surface area contributed by atoms with Crippen LogP contribution in [0.2, 0.25) is 10.0 Å². The van der Waals surface area contributed by atoms with E-state index in [1.165, 1.54) is 11.3 Å². The van der Waals surface area contributed by atoms with Crippen molar-refractivity contribution >= 4 is 34.9 Å². The van der Waals surface area contributed by atoms with Crippen LogP contribution in [0, 0.1) is 0 Å². The molecule has 1 aliphatic rings. The molecule has 1 heterocycles. The third-order valence-corrected chi connectivity index (χ3v) is 4.81. The van der Waals surface area contributed by atoms with Gasteiger partial charge in [0.2, 0.25) is 0 Å². The predicted molar refractivity (Wildman–Crippen MR) is 106 cm³/mol. The highest BCUT2D eigenvalue weighted by Crippen LogP contribution is 2.25. The number of anilines is 1. The second kappa shape index (κ2) is 9.54. The zero-order valence-corrected chi connectivity index (χ0v) is 15.8. The van der Waals surface area contributed by atoms with Gasteiger partial charge >= 0.3 is 6.03 Å². The summed E-state index contributed by atoms with van der Waals surface area (Å²) in [7, 11) is 0. The van der Waals surface area contributed by atoms with Crippen LogP contribution in [0.15, 0.2) is 54.3 Å². The maximum atomic E-state index is 12.0. The van der Waals surface area contributed by atoms with Gasteiger partial charge in [-0.05, 0) is 50.0 Å². The van der Waals surface area contributed by atoms with Gasteiger partial charge in [0.15, 0.2) is 0 Å². The number of allylic oxidation sites excluding steroid dienone is 5. The highest BCUT2D eigenvalue weighted by molar-refractivity contribution is 6.42. The van der Waals surface area contributed by atoms with Gasteiger partial charge in [0.25, 0.3) is 0 Å². The first-order valence-electron chi connectivity index (χ1n) is 8.22. The summed E-state index contributed by atoms with van der Waals surface area (Å²) >= 11 is 11.8. The molecule has 0 spiro atoms. The van der Waals surface area contributed by atoms with Crippen molar-refractivity contribution in [2.45, 2.75) is 32.2 Å². The molecule has 1 aromatic rings. The van der Waals surface area contributed by atoms with E-state index in [1.54, 1.807) is 24.3 Å². The van der Waals surface area contributed by atoms with Gasteiger partial charge in [-0.1, -0.05) is 48.0 Å². The minimum Gasteiger partial charge on any atom is -0.384 e. The predicted octanol–water partition coefficient (Wildman–Crippen LogP) is 5.27. The standard InChI is InChI=1S/C19H23Cl2N3O/c1-3-4-5-6-14-7-8-16(23-13(14)2)12-22-19(25)24-15-9-10-17(20)18(21)11-15/h3-5,9-11,16,23H,1,6-8,12H2,2H3,(H2,22,24,25)/b5-4-. The van der Waals surface area contributed by atoms with Gasteiger partial charge < -0.3 is 16.0 Å². The molecule has 0 fully saturated rings. The molecule has 0 saturated carbocycles. The first kappa shape index (κ1) is 19.4. The number of rotatable bonds is 6. The van der Waals surface area contributed by atoms with Crippen LogP contribution in [0.3, 0.4) is 0 Å². The zero-order valence-electron chi connectivity index (χ0n) is 14.2. The Labute approximate surface area is 159 Å². The third kappa shape index (κ3) is 6.15. The van der Waals surface area contributed by atoms with Crippen molar-refractivity contribution < 1.29 is 4.79 Å². The SMILES string of the molecule is C=C/C=C\CC1=C(C)NC(CNC(=O)Nc2ccc(Cl)c(Cl)c2)CC1. The molecule has 0 bridgehead atoms. The van der Waals surface area contributed by atoms with Gasteiger partial charge in [0, 0.05) is 24.0 Å². The molecule has 2 rings (SSSR count). The Morgan fingerprint density at radius 1 is 1.40 bits per heavy atom. The molecule has 1 atom stereocenters. The number of nitrogens with one attached hydrogen (secondary N) is 3. The minimum absolute atomic E-state index is 0.228. The highest BCUT2D eigenvalue weighted by atomic mass is 35.5. The van der Waals surface area contributed by atoms with Crippen LogP contribution in [0.25, 0.3) is 0 Å². The number of urea groups is 1. The summed E-state index contributed by atoms with van der Waals surface area (Å²) in [6, 6.07) is 4.95. The summed E-state index contributed by atoms with van der Waals surface area (Å²) in [4.78, 5) is 12.0. The van der Waals surface area contributed by atoms with Crippen LogP contribution in [0.4, 0.5) is 10.5 Å². The molecule has 6 heteroatoms. The van der Waals surface area contributed by atoms with Crippen molar-refractivity contribution in [3.8, 4) is 0 Å². The van der Waals surface area contributed by atoms with E-state index in [9.17, 15) is 4.79 Å². The molecule has 1 aromatic carbocycles. The number of benzene rings is 1. The third-order valence-electron chi connectivity index (χ3n) is 4.07. The van der Waals surface area contributed by atoms with E-state index in [0.29, 0.717) is 22.3 Å². The lowest BCUT2D eigenvalue weighted by atomic mass is 9.96. The number of carbonyl (C=O) groups is 1. The van der Waals surface area contributed by atoms with Gasteiger partial charge in [-0.25, -0.2) is 4.79 Å². The summed E-state index contributed by atoms with van der Waals surface area (Å²) in [6.07, 6.45) is 8.80. The fraction of sp³-hybridized carbons (Fsp3) is 0.316. The molecule has 0 saturated heterocycles. The molecule has 0 radical (unpaired) electrons. The van der Waals surface area contributed by atoms with Crippen LogP contribution in [-0.4, -0.2) is 18.6 Å².